The predicted octanol–water partition coefficient (Wildman–Crippen LogP) is 10.7. The third-order valence-electron chi connectivity index (χ3n) is 7.45. The van der Waals surface area contributed by atoms with Crippen LogP contribution in [-0.4, -0.2) is 6.54 Å². The summed E-state index contributed by atoms with van der Waals surface area (Å²) in [5.74, 6) is 0.614. The van der Waals surface area contributed by atoms with Gasteiger partial charge in [-0.3, -0.25) is 0 Å². The van der Waals surface area contributed by atoms with Gasteiger partial charge in [-0.15, -0.1) is 6.54 Å². The minimum absolute atomic E-state index is 0. The minimum atomic E-state index is -0.0574. The molecule has 0 bridgehead atoms. The second-order valence-electron chi connectivity index (χ2n) is 15.3. The van der Waals surface area contributed by atoms with E-state index in [1.165, 1.54) is 37.4 Å². The van der Waals surface area contributed by atoms with Gasteiger partial charge >= 0.3 is 16.5 Å². The van der Waals surface area contributed by atoms with Crippen molar-refractivity contribution < 1.29 is 26.7 Å². The number of nitrogens with one attached hydrogen (secondary N) is 1. The van der Waals surface area contributed by atoms with Crippen molar-refractivity contribution in [3.63, 3.8) is 0 Å². The number of benzene rings is 2. The molecule has 1 unspecified atom stereocenters. The van der Waals surface area contributed by atoms with E-state index in [1.807, 2.05) is 24.3 Å². The Kier molecular flexibility index (Phi) is 16.2. The molecule has 0 aliphatic rings. The van der Waals surface area contributed by atoms with Crippen LogP contribution in [0.3, 0.4) is 0 Å². The van der Waals surface area contributed by atoms with Crippen molar-refractivity contribution in [1.82, 2.24) is 0 Å². The molecule has 1 atom stereocenters. The minimum Gasteiger partial charge on any atom is -0.872 e. The second-order valence-corrected chi connectivity index (χ2v) is 16.4. The molecule has 0 heterocycles. The molecule has 0 amide bonds. The maximum Gasteiger partial charge on any atom is 3.00 e. The molecular formula is C36H58NNiO2S. The Hall–Kier alpha value is -1.16. The summed E-state index contributed by atoms with van der Waals surface area (Å²) < 4.78 is 0. The molecule has 0 fully saturated rings. The predicted molar refractivity (Wildman–Crippen MR) is 173 cm³/mol. The number of hydrogen-bond donors (Lipinski definition) is 0. The van der Waals surface area contributed by atoms with E-state index in [9.17, 15) is 10.2 Å². The van der Waals surface area contributed by atoms with Crippen molar-refractivity contribution in [2.24, 2.45) is 16.7 Å². The standard InChI is InChI=1S/C28H42O2S.C8H18N.Ni/c1-25(2,3)17-27(7,8)19-11-13-21(29)23(15-19)31-24-16-20(12-14-22(24)30)28(9,10)18-26(4,5)6;1-3-5-6-8(4-2)7-9;/h11-16,29-30H,17-18H2,1-10H3;8-9H,3-7H2,1-2H3;/q;-1;+3/p-2. The number of unbranched alkanes of at least 4 members (excludes halogenated alkanes) is 1. The molecule has 41 heavy (non-hydrogen) atoms. The summed E-state index contributed by atoms with van der Waals surface area (Å²) in [7, 11) is 0. The van der Waals surface area contributed by atoms with Crippen LogP contribution in [0, 0.1) is 16.7 Å². The first-order valence-corrected chi connectivity index (χ1v) is 16.0. The van der Waals surface area contributed by atoms with Gasteiger partial charge in [0, 0.05) is 9.79 Å². The summed E-state index contributed by atoms with van der Waals surface area (Å²) in [6, 6.07) is 11.2. The summed E-state index contributed by atoms with van der Waals surface area (Å²) in [6.07, 6.45) is 7.03. The Morgan fingerprint density at radius 1 is 0.707 bits per heavy atom. The van der Waals surface area contributed by atoms with Crippen molar-refractivity contribution >= 4 is 11.8 Å². The molecule has 0 spiro atoms. The van der Waals surface area contributed by atoms with Crippen molar-refractivity contribution in [2.45, 2.75) is 142 Å². The van der Waals surface area contributed by atoms with Crippen LogP contribution in [0.1, 0.15) is 133 Å². The maximum absolute atomic E-state index is 12.6. The molecule has 3 nitrogen and oxygen atoms in total. The third-order valence-corrected chi connectivity index (χ3v) is 8.52. The number of rotatable bonds is 11. The Morgan fingerprint density at radius 2 is 1.10 bits per heavy atom. The summed E-state index contributed by atoms with van der Waals surface area (Å²) in [5, 5.41) is 25.3. The van der Waals surface area contributed by atoms with Gasteiger partial charge in [0.25, 0.3) is 0 Å². The van der Waals surface area contributed by atoms with E-state index >= 15 is 0 Å². The molecule has 2 rings (SSSR count). The van der Waals surface area contributed by atoms with Crippen molar-refractivity contribution in [2.75, 3.05) is 6.54 Å². The fraction of sp³-hybridized carbons (Fsp3) is 0.667. The van der Waals surface area contributed by atoms with Crippen molar-refractivity contribution in [3.05, 3.63) is 53.3 Å². The maximum atomic E-state index is 12.6. The molecule has 0 saturated heterocycles. The van der Waals surface area contributed by atoms with E-state index in [4.69, 9.17) is 5.73 Å². The fourth-order valence-corrected chi connectivity index (χ4v) is 6.88. The van der Waals surface area contributed by atoms with E-state index < -0.39 is 0 Å². The van der Waals surface area contributed by atoms with Gasteiger partial charge in [0.1, 0.15) is 0 Å². The van der Waals surface area contributed by atoms with E-state index in [0.29, 0.717) is 22.3 Å². The molecule has 0 saturated carbocycles. The zero-order valence-corrected chi connectivity index (χ0v) is 29.8. The van der Waals surface area contributed by atoms with Crippen LogP contribution in [-0.2, 0) is 27.3 Å². The van der Waals surface area contributed by atoms with Gasteiger partial charge < -0.3 is 15.9 Å². The zero-order valence-electron chi connectivity index (χ0n) is 28.0. The van der Waals surface area contributed by atoms with Gasteiger partial charge in [-0.05, 0) is 57.8 Å². The van der Waals surface area contributed by atoms with Crippen LogP contribution in [0.25, 0.3) is 5.73 Å². The smallest absolute Gasteiger partial charge is 0.872 e. The Bertz CT molecular complexity index is 971. The van der Waals surface area contributed by atoms with Gasteiger partial charge in [-0.25, -0.2) is 0 Å². The first-order valence-electron chi connectivity index (χ1n) is 15.2. The van der Waals surface area contributed by atoms with Gasteiger partial charge in [0.05, 0.1) is 0 Å². The summed E-state index contributed by atoms with van der Waals surface area (Å²) in [6.45, 7) is 27.3. The van der Waals surface area contributed by atoms with Crippen LogP contribution in [0.5, 0.6) is 11.5 Å². The molecule has 0 aromatic heterocycles. The molecule has 0 aliphatic heterocycles. The molecule has 5 heteroatoms. The summed E-state index contributed by atoms with van der Waals surface area (Å²) >= 11 is 1.31. The van der Waals surface area contributed by atoms with Gasteiger partial charge in [0.2, 0.25) is 0 Å². The summed E-state index contributed by atoms with van der Waals surface area (Å²) in [4.78, 5) is 1.25. The Morgan fingerprint density at radius 3 is 1.39 bits per heavy atom. The normalized spacial score (nSPS) is 13.2. The van der Waals surface area contributed by atoms with Gasteiger partial charge in [-0.1, -0.05) is 162 Å². The average molecular weight is 628 g/mol. The van der Waals surface area contributed by atoms with Gasteiger partial charge in [-0.2, -0.15) is 0 Å². The third kappa shape index (κ3) is 14.2. The molecule has 2 aromatic carbocycles. The number of hydrogen-bond acceptors (Lipinski definition) is 3. The first kappa shape index (κ1) is 39.8. The molecule has 1 radical (unpaired) electrons. The van der Waals surface area contributed by atoms with E-state index in [1.54, 1.807) is 12.1 Å². The SMILES string of the molecule is CC(C)(C)CC(C)(C)c1ccc([O-])c(Sc2cc(C(C)(C)CC(C)(C)C)ccc2[O-])c1.CCCCC(CC)C[NH-].[Ni+3]. The zero-order chi connectivity index (χ0) is 30.9. The van der Waals surface area contributed by atoms with E-state index in [2.05, 4.69) is 83.1 Å². The van der Waals surface area contributed by atoms with Gasteiger partial charge in [0.15, 0.2) is 0 Å². The fourth-order valence-electron chi connectivity index (χ4n) is 5.94. The van der Waals surface area contributed by atoms with Crippen molar-refractivity contribution in [1.29, 1.82) is 0 Å². The largest absolute Gasteiger partial charge is 3.00 e. The van der Waals surface area contributed by atoms with E-state index in [-0.39, 0.29) is 49.7 Å². The quantitative estimate of drug-likeness (QED) is 0.233. The van der Waals surface area contributed by atoms with Crippen LogP contribution in [0.2, 0.25) is 0 Å². The van der Waals surface area contributed by atoms with Crippen LogP contribution in [0.4, 0.5) is 0 Å². The molecule has 2 aromatic rings. The second kappa shape index (κ2) is 16.6. The molecule has 235 valence electrons. The molecule has 1 N–H and O–H groups in total. The molecular weight excluding hydrogens is 569 g/mol. The van der Waals surface area contributed by atoms with Crippen LogP contribution >= 0.6 is 11.8 Å². The van der Waals surface area contributed by atoms with Crippen LogP contribution in [0.15, 0.2) is 46.2 Å². The van der Waals surface area contributed by atoms with E-state index in [0.717, 1.165) is 24.0 Å². The Labute approximate surface area is 267 Å². The monoisotopic (exact) mass is 626 g/mol. The van der Waals surface area contributed by atoms with Crippen LogP contribution < -0.4 is 10.2 Å². The Balaban J connectivity index is 0.00000138. The van der Waals surface area contributed by atoms with Crippen molar-refractivity contribution in [3.8, 4) is 11.5 Å². The molecule has 0 aliphatic carbocycles. The first-order chi connectivity index (χ1) is 18.2. The summed E-state index contributed by atoms with van der Waals surface area (Å²) in [5.41, 5.74) is 9.67. The average Bonchev–Trinajstić information content (AvgIpc) is 2.79. The topological polar surface area (TPSA) is 69.9 Å².